The molecule has 2 aromatic heterocycles. The first-order valence-corrected chi connectivity index (χ1v) is 10.2. The van der Waals surface area contributed by atoms with Gasteiger partial charge in [0.15, 0.2) is 5.69 Å². The van der Waals surface area contributed by atoms with E-state index < -0.39 is 0 Å². The van der Waals surface area contributed by atoms with Crippen LogP contribution in [0.3, 0.4) is 0 Å². The number of carbonyl (C=O) groups is 1. The number of rotatable bonds is 6. The molecule has 0 aliphatic heterocycles. The molecule has 0 atom stereocenters. The van der Waals surface area contributed by atoms with Crippen LogP contribution in [-0.4, -0.2) is 27.6 Å². The van der Waals surface area contributed by atoms with Gasteiger partial charge in [-0.1, -0.05) is 43.7 Å². The van der Waals surface area contributed by atoms with E-state index in [1.807, 2.05) is 19.2 Å². The predicted molar refractivity (Wildman–Crippen MR) is 109 cm³/mol. The molecule has 136 valence electrons. The number of benzene rings is 1. The molecular formula is C19H21BrN4OS. The maximum absolute atomic E-state index is 12.3. The summed E-state index contributed by atoms with van der Waals surface area (Å²) in [7, 11) is 0. The van der Waals surface area contributed by atoms with Gasteiger partial charge in [-0.2, -0.15) is 5.10 Å². The van der Waals surface area contributed by atoms with Gasteiger partial charge in [-0.25, -0.2) is 4.98 Å². The Labute approximate surface area is 165 Å². The van der Waals surface area contributed by atoms with Crippen LogP contribution in [0, 0.1) is 6.92 Å². The lowest BCUT2D eigenvalue weighted by Gasteiger charge is -2.03. The summed E-state index contributed by atoms with van der Waals surface area (Å²) in [5.74, 6) is 0.0858. The fourth-order valence-electron chi connectivity index (χ4n) is 2.51. The predicted octanol–water partition coefficient (Wildman–Crippen LogP) is 4.70. The highest BCUT2D eigenvalue weighted by molar-refractivity contribution is 9.10. The van der Waals surface area contributed by atoms with Crippen molar-refractivity contribution in [2.45, 2.75) is 33.1 Å². The highest BCUT2D eigenvalue weighted by atomic mass is 79.9. The Morgan fingerprint density at radius 3 is 2.69 bits per heavy atom. The van der Waals surface area contributed by atoms with Gasteiger partial charge < -0.3 is 5.32 Å². The molecule has 7 heteroatoms. The highest BCUT2D eigenvalue weighted by Gasteiger charge is 2.19. The third-order valence-electron chi connectivity index (χ3n) is 4.04. The largest absolute Gasteiger partial charge is 0.350 e. The van der Waals surface area contributed by atoms with Gasteiger partial charge in [-0.05, 0) is 28.8 Å². The number of halogens is 1. The van der Waals surface area contributed by atoms with Gasteiger partial charge in [0, 0.05) is 23.9 Å². The Morgan fingerprint density at radius 1 is 1.31 bits per heavy atom. The standard InChI is InChI=1S/C19H21BrN4OS/c1-11(2)16-15(20)17(24-23-16)18(25)21-9-8-14-10-26-19(22-14)13-6-4-12(3)5-7-13/h4-7,10-11H,8-9H2,1-3H3,(H,21,25)(H,23,24). The van der Waals surface area contributed by atoms with Crippen molar-refractivity contribution < 1.29 is 4.79 Å². The molecule has 0 unspecified atom stereocenters. The lowest BCUT2D eigenvalue weighted by molar-refractivity contribution is 0.0948. The molecule has 5 nitrogen and oxygen atoms in total. The lowest BCUT2D eigenvalue weighted by Crippen LogP contribution is -2.26. The zero-order chi connectivity index (χ0) is 18.7. The van der Waals surface area contributed by atoms with Crippen molar-refractivity contribution >= 4 is 33.2 Å². The van der Waals surface area contributed by atoms with E-state index in [-0.39, 0.29) is 11.8 Å². The van der Waals surface area contributed by atoms with E-state index in [0.29, 0.717) is 18.7 Å². The van der Waals surface area contributed by atoms with E-state index in [0.717, 1.165) is 26.4 Å². The number of H-pyrrole nitrogens is 1. The summed E-state index contributed by atoms with van der Waals surface area (Å²) in [6.07, 6.45) is 0.688. The number of aromatic amines is 1. The molecule has 0 aliphatic rings. The summed E-state index contributed by atoms with van der Waals surface area (Å²) < 4.78 is 0.736. The fourth-order valence-corrected chi connectivity index (χ4v) is 4.19. The second-order valence-corrected chi connectivity index (χ2v) is 8.12. The third-order valence-corrected chi connectivity index (χ3v) is 5.78. The summed E-state index contributed by atoms with van der Waals surface area (Å²) in [6.45, 7) is 6.69. The first kappa shape index (κ1) is 18.8. The minimum atomic E-state index is -0.186. The topological polar surface area (TPSA) is 70.7 Å². The molecule has 3 rings (SSSR count). The molecule has 26 heavy (non-hydrogen) atoms. The molecule has 0 spiro atoms. The Kier molecular flexibility index (Phi) is 5.88. The van der Waals surface area contributed by atoms with Crippen LogP contribution in [0.4, 0.5) is 0 Å². The number of nitrogens with one attached hydrogen (secondary N) is 2. The van der Waals surface area contributed by atoms with Gasteiger partial charge in [0.25, 0.3) is 5.91 Å². The van der Waals surface area contributed by atoms with Crippen molar-refractivity contribution in [1.82, 2.24) is 20.5 Å². The highest BCUT2D eigenvalue weighted by Crippen LogP contribution is 2.26. The molecule has 2 N–H and O–H groups in total. The molecule has 0 saturated carbocycles. The number of hydrogen-bond acceptors (Lipinski definition) is 4. The van der Waals surface area contributed by atoms with Crippen LogP contribution in [-0.2, 0) is 6.42 Å². The van der Waals surface area contributed by atoms with Crippen LogP contribution in [0.1, 0.15) is 47.2 Å². The summed E-state index contributed by atoms with van der Waals surface area (Å²) in [5.41, 5.74) is 4.66. The number of hydrogen-bond donors (Lipinski definition) is 2. The van der Waals surface area contributed by atoms with Gasteiger partial charge in [-0.15, -0.1) is 11.3 Å². The lowest BCUT2D eigenvalue weighted by atomic mass is 10.1. The van der Waals surface area contributed by atoms with E-state index in [4.69, 9.17) is 0 Å². The van der Waals surface area contributed by atoms with Crippen molar-refractivity contribution in [2.75, 3.05) is 6.54 Å². The van der Waals surface area contributed by atoms with Gasteiger partial charge >= 0.3 is 0 Å². The summed E-state index contributed by atoms with van der Waals surface area (Å²) in [5, 5.41) is 13.0. The SMILES string of the molecule is Cc1ccc(-c2nc(CCNC(=O)c3n[nH]c(C(C)C)c3Br)cs2)cc1. The molecule has 0 fully saturated rings. The molecular weight excluding hydrogens is 412 g/mol. The van der Waals surface area contributed by atoms with Gasteiger partial charge in [-0.3, -0.25) is 9.89 Å². The Bertz CT molecular complexity index is 899. The van der Waals surface area contributed by atoms with Crippen LogP contribution in [0.15, 0.2) is 34.1 Å². The van der Waals surface area contributed by atoms with E-state index in [9.17, 15) is 4.79 Å². The number of amides is 1. The number of thiazole rings is 1. The van der Waals surface area contributed by atoms with Crippen molar-refractivity contribution in [3.05, 3.63) is 56.8 Å². The first-order valence-electron chi connectivity index (χ1n) is 8.49. The summed E-state index contributed by atoms with van der Waals surface area (Å²) >= 11 is 5.08. The minimum absolute atomic E-state index is 0.186. The smallest absolute Gasteiger partial charge is 0.272 e. The second-order valence-electron chi connectivity index (χ2n) is 6.47. The fraction of sp³-hybridized carbons (Fsp3) is 0.316. The van der Waals surface area contributed by atoms with Crippen LogP contribution in [0.5, 0.6) is 0 Å². The number of aromatic nitrogens is 3. The molecule has 1 aromatic carbocycles. The second kappa shape index (κ2) is 8.14. The Hall–Kier alpha value is -1.99. The monoisotopic (exact) mass is 432 g/mol. The van der Waals surface area contributed by atoms with E-state index >= 15 is 0 Å². The molecule has 2 heterocycles. The zero-order valence-corrected chi connectivity index (χ0v) is 17.4. The maximum Gasteiger partial charge on any atom is 0.272 e. The van der Waals surface area contributed by atoms with E-state index in [2.05, 4.69) is 67.6 Å². The molecule has 3 aromatic rings. The Balaban J connectivity index is 1.57. The normalized spacial score (nSPS) is 11.1. The summed E-state index contributed by atoms with van der Waals surface area (Å²) in [6, 6.07) is 8.34. The van der Waals surface area contributed by atoms with E-state index in [1.54, 1.807) is 11.3 Å². The van der Waals surface area contributed by atoms with Crippen LogP contribution in [0.2, 0.25) is 0 Å². The quantitative estimate of drug-likeness (QED) is 0.592. The van der Waals surface area contributed by atoms with Gasteiger partial charge in [0.1, 0.15) is 5.01 Å². The van der Waals surface area contributed by atoms with Crippen molar-refractivity contribution in [3.63, 3.8) is 0 Å². The van der Waals surface area contributed by atoms with Gasteiger partial charge in [0.2, 0.25) is 0 Å². The number of nitrogens with zero attached hydrogens (tertiary/aromatic N) is 2. The average Bonchev–Trinajstić information content (AvgIpc) is 3.22. The number of carbonyl (C=O) groups excluding carboxylic acids is 1. The molecule has 0 bridgehead atoms. The zero-order valence-electron chi connectivity index (χ0n) is 15.0. The third kappa shape index (κ3) is 4.22. The minimum Gasteiger partial charge on any atom is -0.350 e. The van der Waals surface area contributed by atoms with Crippen LogP contribution >= 0.6 is 27.3 Å². The molecule has 0 aliphatic carbocycles. The van der Waals surface area contributed by atoms with Crippen LogP contribution in [0.25, 0.3) is 10.6 Å². The van der Waals surface area contributed by atoms with Crippen molar-refractivity contribution in [3.8, 4) is 10.6 Å². The van der Waals surface area contributed by atoms with Gasteiger partial charge in [0.05, 0.1) is 15.9 Å². The Morgan fingerprint density at radius 2 is 2.04 bits per heavy atom. The molecule has 1 amide bonds. The molecule has 0 saturated heterocycles. The summed E-state index contributed by atoms with van der Waals surface area (Å²) in [4.78, 5) is 17.0. The van der Waals surface area contributed by atoms with Crippen molar-refractivity contribution in [2.24, 2.45) is 0 Å². The molecule has 0 radical (unpaired) electrons. The van der Waals surface area contributed by atoms with Crippen molar-refractivity contribution in [1.29, 1.82) is 0 Å². The number of aryl methyl sites for hydroxylation is 1. The average molecular weight is 433 g/mol. The first-order chi connectivity index (χ1) is 12.5. The maximum atomic E-state index is 12.3. The van der Waals surface area contributed by atoms with E-state index in [1.165, 1.54) is 5.56 Å². The van der Waals surface area contributed by atoms with Crippen LogP contribution < -0.4 is 5.32 Å².